The first-order chi connectivity index (χ1) is 9.53. The summed E-state index contributed by atoms with van der Waals surface area (Å²) in [5.74, 6) is 0. The van der Waals surface area contributed by atoms with Crippen LogP contribution in [0.5, 0.6) is 0 Å². The SMILES string of the molecule is Cl.NC(=O)NCC1(c2ccc(Cl)c(Cl)c2)CNCCCO1. The lowest BCUT2D eigenvalue weighted by molar-refractivity contribution is -0.0349. The molecule has 8 heteroatoms. The van der Waals surface area contributed by atoms with E-state index in [4.69, 9.17) is 33.7 Å². The van der Waals surface area contributed by atoms with Gasteiger partial charge in [0.05, 0.1) is 16.6 Å². The van der Waals surface area contributed by atoms with Gasteiger partial charge in [-0.3, -0.25) is 0 Å². The van der Waals surface area contributed by atoms with Crippen molar-refractivity contribution in [3.63, 3.8) is 0 Å². The molecule has 2 amide bonds. The molecule has 1 heterocycles. The summed E-state index contributed by atoms with van der Waals surface area (Å²) in [6, 6.07) is 4.75. The molecule has 2 rings (SSSR count). The highest BCUT2D eigenvalue weighted by Crippen LogP contribution is 2.31. The number of halogens is 3. The molecule has 4 N–H and O–H groups in total. The fraction of sp³-hybridized carbons (Fsp3) is 0.462. The normalized spacial score (nSPS) is 22.0. The molecular formula is C13H18Cl3N3O2. The third kappa shape index (κ3) is 4.63. The maximum absolute atomic E-state index is 11.0. The van der Waals surface area contributed by atoms with Crippen LogP contribution in [-0.4, -0.2) is 32.3 Å². The Bertz CT molecular complexity index is 492. The number of primary amides is 1. The van der Waals surface area contributed by atoms with Gasteiger partial charge in [0.2, 0.25) is 0 Å². The minimum absolute atomic E-state index is 0. The zero-order valence-electron chi connectivity index (χ0n) is 11.3. The summed E-state index contributed by atoms with van der Waals surface area (Å²) in [7, 11) is 0. The van der Waals surface area contributed by atoms with E-state index in [0.29, 0.717) is 23.2 Å². The largest absolute Gasteiger partial charge is 0.367 e. The second-order valence-corrected chi connectivity index (χ2v) is 5.53. The Labute approximate surface area is 139 Å². The molecule has 1 atom stereocenters. The molecule has 0 aromatic heterocycles. The van der Waals surface area contributed by atoms with Crippen LogP contribution >= 0.6 is 35.6 Å². The number of nitrogens with two attached hydrogens (primary N) is 1. The summed E-state index contributed by atoms with van der Waals surface area (Å²) in [6.45, 7) is 2.28. The van der Waals surface area contributed by atoms with Crippen LogP contribution in [0.25, 0.3) is 0 Å². The van der Waals surface area contributed by atoms with Crippen LogP contribution in [0.4, 0.5) is 4.79 Å². The minimum atomic E-state index is -0.695. The highest BCUT2D eigenvalue weighted by molar-refractivity contribution is 6.42. The number of rotatable bonds is 3. The third-order valence-electron chi connectivity index (χ3n) is 3.28. The summed E-state index contributed by atoms with van der Waals surface area (Å²) in [5.41, 5.74) is 5.33. The first-order valence-electron chi connectivity index (χ1n) is 6.37. The van der Waals surface area contributed by atoms with Crippen LogP contribution in [-0.2, 0) is 10.3 Å². The fourth-order valence-electron chi connectivity index (χ4n) is 2.22. The van der Waals surface area contributed by atoms with Gasteiger partial charge in [-0.1, -0.05) is 29.3 Å². The first-order valence-corrected chi connectivity index (χ1v) is 7.13. The van der Waals surface area contributed by atoms with Gasteiger partial charge in [-0.25, -0.2) is 4.79 Å². The van der Waals surface area contributed by atoms with E-state index in [2.05, 4.69) is 10.6 Å². The molecule has 0 bridgehead atoms. The van der Waals surface area contributed by atoms with Crippen molar-refractivity contribution < 1.29 is 9.53 Å². The Balaban J connectivity index is 0.00000220. The molecule has 1 aliphatic rings. The zero-order chi connectivity index (χ0) is 14.6. The minimum Gasteiger partial charge on any atom is -0.367 e. The van der Waals surface area contributed by atoms with E-state index in [1.807, 2.05) is 6.07 Å². The highest BCUT2D eigenvalue weighted by Gasteiger charge is 2.35. The molecule has 118 valence electrons. The van der Waals surface area contributed by atoms with Gasteiger partial charge in [-0.2, -0.15) is 0 Å². The zero-order valence-corrected chi connectivity index (χ0v) is 13.7. The van der Waals surface area contributed by atoms with Gasteiger partial charge in [0.25, 0.3) is 0 Å². The number of urea groups is 1. The van der Waals surface area contributed by atoms with E-state index in [9.17, 15) is 4.79 Å². The van der Waals surface area contributed by atoms with E-state index < -0.39 is 11.6 Å². The van der Waals surface area contributed by atoms with Gasteiger partial charge in [0.1, 0.15) is 5.60 Å². The van der Waals surface area contributed by atoms with Gasteiger partial charge >= 0.3 is 6.03 Å². The number of nitrogens with one attached hydrogen (secondary N) is 2. The summed E-state index contributed by atoms with van der Waals surface area (Å²) < 4.78 is 5.99. The Morgan fingerprint density at radius 2 is 2.19 bits per heavy atom. The predicted molar refractivity (Wildman–Crippen MR) is 86.4 cm³/mol. The molecule has 1 fully saturated rings. The average Bonchev–Trinajstić information content (AvgIpc) is 2.66. The third-order valence-corrected chi connectivity index (χ3v) is 4.02. The number of amides is 2. The number of carbonyl (C=O) groups is 1. The monoisotopic (exact) mass is 353 g/mol. The second kappa shape index (κ2) is 8.06. The van der Waals surface area contributed by atoms with Gasteiger partial charge in [0, 0.05) is 13.2 Å². The second-order valence-electron chi connectivity index (χ2n) is 4.72. The van der Waals surface area contributed by atoms with Gasteiger partial charge in [-0.15, -0.1) is 12.4 Å². The van der Waals surface area contributed by atoms with Gasteiger partial charge < -0.3 is 21.1 Å². The number of benzene rings is 1. The van der Waals surface area contributed by atoms with Crippen molar-refractivity contribution in [3.8, 4) is 0 Å². The maximum Gasteiger partial charge on any atom is 0.312 e. The van der Waals surface area contributed by atoms with Crippen molar-refractivity contribution in [2.75, 3.05) is 26.2 Å². The predicted octanol–water partition coefficient (Wildman–Crippen LogP) is 2.29. The molecule has 1 saturated heterocycles. The lowest BCUT2D eigenvalue weighted by atomic mass is 9.93. The van der Waals surface area contributed by atoms with Crippen molar-refractivity contribution >= 4 is 41.6 Å². The number of hydrogen-bond acceptors (Lipinski definition) is 3. The van der Waals surface area contributed by atoms with Gasteiger partial charge in [0.15, 0.2) is 0 Å². The standard InChI is InChI=1S/C13H17Cl2N3O2.ClH/c14-10-3-2-9(6-11(10)15)13(8-18-12(16)19)7-17-4-1-5-20-13;/h2-3,6,17H,1,4-5,7-8H2,(H3,16,18,19);1H. The van der Waals surface area contributed by atoms with Crippen molar-refractivity contribution in [1.29, 1.82) is 0 Å². The number of hydrogen-bond donors (Lipinski definition) is 3. The molecule has 5 nitrogen and oxygen atoms in total. The van der Waals surface area contributed by atoms with Crippen LogP contribution in [0.3, 0.4) is 0 Å². The summed E-state index contributed by atoms with van der Waals surface area (Å²) in [6.07, 6.45) is 0.902. The molecule has 0 aliphatic carbocycles. The molecule has 21 heavy (non-hydrogen) atoms. The van der Waals surface area contributed by atoms with Crippen LogP contribution in [0, 0.1) is 0 Å². The molecule has 1 aromatic rings. The lowest BCUT2D eigenvalue weighted by Gasteiger charge is -2.33. The van der Waals surface area contributed by atoms with E-state index in [-0.39, 0.29) is 19.0 Å². The van der Waals surface area contributed by atoms with Crippen molar-refractivity contribution in [2.24, 2.45) is 5.73 Å². The first kappa shape index (κ1) is 18.3. The smallest absolute Gasteiger partial charge is 0.312 e. The quantitative estimate of drug-likeness (QED) is 0.779. The maximum atomic E-state index is 11.0. The summed E-state index contributed by atoms with van der Waals surface area (Å²) in [4.78, 5) is 11.0. The topological polar surface area (TPSA) is 76.4 Å². The molecule has 1 aromatic carbocycles. The number of carbonyl (C=O) groups excluding carboxylic acids is 1. The number of ether oxygens (including phenoxy) is 1. The van der Waals surface area contributed by atoms with E-state index in [1.54, 1.807) is 12.1 Å². The highest BCUT2D eigenvalue weighted by atomic mass is 35.5. The van der Waals surface area contributed by atoms with Crippen molar-refractivity contribution in [1.82, 2.24) is 10.6 Å². The molecule has 1 aliphatic heterocycles. The Morgan fingerprint density at radius 1 is 1.43 bits per heavy atom. The van der Waals surface area contributed by atoms with Crippen LogP contribution in [0.2, 0.25) is 10.0 Å². The molecule has 0 saturated carbocycles. The van der Waals surface area contributed by atoms with Crippen LogP contribution in [0.1, 0.15) is 12.0 Å². The van der Waals surface area contributed by atoms with E-state index >= 15 is 0 Å². The lowest BCUT2D eigenvalue weighted by Crippen LogP contribution is -2.49. The molecule has 1 unspecified atom stereocenters. The van der Waals surface area contributed by atoms with Crippen molar-refractivity contribution in [3.05, 3.63) is 33.8 Å². The fourth-order valence-corrected chi connectivity index (χ4v) is 2.51. The Kier molecular flexibility index (Phi) is 7.03. The van der Waals surface area contributed by atoms with Crippen LogP contribution in [0.15, 0.2) is 18.2 Å². The molecule has 0 radical (unpaired) electrons. The van der Waals surface area contributed by atoms with Crippen molar-refractivity contribution in [2.45, 2.75) is 12.0 Å². The average molecular weight is 355 g/mol. The van der Waals surface area contributed by atoms with E-state index in [1.165, 1.54) is 0 Å². The van der Waals surface area contributed by atoms with Gasteiger partial charge in [-0.05, 0) is 30.7 Å². The summed E-state index contributed by atoms with van der Waals surface area (Å²) in [5, 5.41) is 6.85. The summed E-state index contributed by atoms with van der Waals surface area (Å²) >= 11 is 12.0. The Hall–Kier alpha value is -0.720. The van der Waals surface area contributed by atoms with Crippen LogP contribution < -0.4 is 16.4 Å². The molecular weight excluding hydrogens is 337 g/mol. The van der Waals surface area contributed by atoms with E-state index in [0.717, 1.165) is 18.5 Å². The Morgan fingerprint density at radius 3 is 2.86 bits per heavy atom. The molecule has 0 spiro atoms.